The van der Waals surface area contributed by atoms with E-state index in [2.05, 4.69) is 15.4 Å². The number of hydrogen-bond donors (Lipinski definition) is 9. The van der Waals surface area contributed by atoms with Gasteiger partial charge in [-0.2, -0.15) is 0 Å². The van der Waals surface area contributed by atoms with Gasteiger partial charge >= 0.3 is 0 Å². The number of amides is 2. The number of carbonyl (C=O) groups is 2. The number of nitrogens with zero attached hydrogens (tertiary/aromatic N) is 3. The van der Waals surface area contributed by atoms with Crippen molar-refractivity contribution in [3.05, 3.63) is 75.6 Å². The van der Waals surface area contributed by atoms with Crippen molar-refractivity contribution in [3.63, 3.8) is 0 Å². The van der Waals surface area contributed by atoms with Gasteiger partial charge in [0.25, 0.3) is 17.5 Å². The quantitative estimate of drug-likeness (QED) is 0.0698. The number of aromatic hydroxyl groups is 2. The summed E-state index contributed by atoms with van der Waals surface area (Å²) in [7, 11) is 0. The third kappa shape index (κ3) is 4.06. The first kappa shape index (κ1) is 29.8. The lowest BCUT2D eigenvalue weighted by Crippen LogP contribution is -2.56. The maximum Gasteiger partial charge on any atom is 0.287 e. The van der Waals surface area contributed by atoms with Gasteiger partial charge in [0.2, 0.25) is 0 Å². The Kier molecular flexibility index (Phi) is 6.51. The Labute approximate surface area is 266 Å². The number of fused-ring (bicyclic) bond motifs is 10. The lowest BCUT2D eigenvalue weighted by molar-refractivity contribution is -0.384. The van der Waals surface area contributed by atoms with Crippen molar-refractivity contribution in [2.45, 2.75) is 37.2 Å². The van der Waals surface area contributed by atoms with Crippen molar-refractivity contribution in [1.82, 2.24) is 25.0 Å². The summed E-state index contributed by atoms with van der Waals surface area (Å²) in [5.41, 5.74) is 3.95. The third-order valence-electron chi connectivity index (χ3n) is 9.08. The first-order valence-electron chi connectivity index (χ1n) is 14.7. The molecule has 17 nitrogen and oxygen atoms in total. The van der Waals surface area contributed by atoms with Gasteiger partial charge < -0.3 is 49.9 Å². The number of hydrogen-bond acceptors (Lipinski definition) is 12. The molecule has 246 valence electrons. The number of aliphatic hydroxyl groups excluding tert-OH is 4. The van der Waals surface area contributed by atoms with Crippen LogP contribution in [-0.2, 0) is 11.3 Å². The lowest BCUT2D eigenvalue weighted by Gasteiger charge is -2.41. The van der Waals surface area contributed by atoms with Crippen LogP contribution in [0.25, 0.3) is 43.6 Å². The summed E-state index contributed by atoms with van der Waals surface area (Å²) in [5.74, 6) is -1.79. The zero-order valence-electron chi connectivity index (χ0n) is 24.5. The van der Waals surface area contributed by atoms with E-state index in [0.717, 1.165) is 5.01 Å². The van der Waals surface area contributed by atoms with Crippen molar-refractivity contribution in [2.75, 3.05) is 6.61 Å². The smallest absolute Gasteiger partial charge is 0.287 e. The summed E-state index contributed by atoms with van der Waals surface area (Å²) in [6, 6.07) is 9.89. The van der Waals surface area contributed by atoms with Gasteiger partial charge in [0.05, 0.1) is 57.5 Å². The summed E-state index contributed by atoms with van der Waals surface area (Å²) in [6.45, 7) is -0.869. The fourth-order valence-electron chi connectivity index (χ4n) is 6.92. The molecule has 0 aliphatic carbocycles. The Hall–Kier alpha value is -5.56. The highest BCUT2D eigenvalue weighted by atomic mass is 16.6. The second kappa shape index (κ2) is 10.5. The van der Waals surface area contributed by atoms with Gasteiger partial charge in [0.1, 0.15) is 35.9 Å². The second-order valence-electron chi connectivity index (χ2n) is 11.8. The average Bonchev–Trinajstić information content (AvgIpc) is 3.81. The van der Waals surface area contributed by atoms with Crippen molar-refractivity contribution in [3.8, 4) is 11.5 Å². The summed E-state index contributed by atoms with van der Waals surface area (Å²) < 4.78 is 7.39. The minimum absolute atomic E-state index is 0.00494. The molecule has 2 aliphatic heterocycles. The molecule has 2 amide bonds. The van der Waals surface area contributed by atoms with Gasteiger partial charge in [-0.3, -0.25) is 19.7 Å². The van der Waals surface area contributed by atoms with E-state index in [1.807, 2.05) is 0 Å². The number of imide groups is 1. The molecular formula is C31H26N6O11. The number of ether oxygens (including phenoxy) is 1. The Morgan fingerprint density at radius 3 is 2.29 bits per heavy atom. The molecule has 9 N–H and O–H groups in total. The molecule has 3 aromatic carbocycles. The molecule has 0 radical (unpaired) electrons. The largest absolute Gasteiger partial charge is 0.508 e. The maximum atomic E-state index is 14.3. The lowest BCUT2D eigenvalue weighted by atomic mass is 9.96. The SMILES string of the molecule is O=C1c2c(c3c4ccc(O)cc4n([C@@H]4O[C@H](CO)[C@@H](O)[C@H](O)[C@H]4O)c3c3[nH]c4cc(O)ccc4c23)C(=O)N1NCc1cc([N+](=O)[O-])c[nH]1. The monoisotopic (exact) mass is 658 g/mol. The van der Waals surface area contributed by atoms with Gasteiger partial charge in [0.15, 0.2) is 6.23 Å². The Balaban J connectivity index is 1.42. The number of carbonyl (C=O) groups excluding carboxylic acids is 2. The maximum absolute atomic E-state index is 14.3. The number of aromatic nitrogens is 3. The number of phenolic OH excluding ortho intramolecular Hbond substituents is 2. The zero-order valence-corrected chi connectivity index (χ0v) is 24.5. The number of nitrogens with one attached hydrogen (secondary N) is 3. The molecule has 6 aromatic rings. The van der Waals surface area contributed by atoms with Crippen molar-refractivity contribution in [2.24, 2.45) is 0 Å². The van der Waals surface area contributed by atoms with Crippen LogP contribution in [0, 0.1) is 10.1 Å². The number of rotatable bonds is 6. The molecule has 3 aromatic heterocycles. The third-order valence-corrected chi connectivity index (χ3v) is 9.08. The highest BCUT2D eigenvalue weighted by Crippen LogP contribution is 2.48. The van der Waals surface area contributed by atoms with Crippen LogP contribution in [0.15, 0.2) is 48.7 Å². The summed E-state index contributed by atoms with van der Waals surface area (Å²) in [4.78, 5) is 45.0. The van der Waals surface area contributed by atoms with Gasteiger partial charge in [-0.25, -0.2) is 10.4 Å². The van der Waals surface area contributed by atoms with E-state index in [9.17, 15) is 50.3 Å². The van der Waals surface area contributed by atoms with Crippen molar-refractivity contribution in [1.29, 1.82) is 0 Å². The fourth-order valence-corrected chi connectivity index (χ4v) is 6.92. The van der Waals surface area contributed by atoms with Crippen LogP contribution in [0.2, 0.25) is 0 Å². The van der Waals surface area contributed by atoms with Crippen molar-refractivity contribution >= 4 is 61.1 Å². The molecule has 8 rings (SSSR count). The minimum atomic E-state index is -1.76. The van der Waals surface area contributed by atoms with Crippen LogP contribution in [-0.4, -0.2) is 97.9 Å². The van der Waals surface area contributed by atoms with E-state index in [1.165, 1.54) is 47.2 Å². The summed E-state index contributed by atoms with van der Waals surface area (Å²) in [6.07, 6.45) is -6.79. The molecule has 1 fully saturated rings. The predicted molar refractivity (Wildman–Crippen MR) is 166 cm³/mol. The van der Waals surface area contributed by atoms with Gasteiger partial charge in [-0.05, 0) is 24.3 Å². The first-order chi connectivity index (χ1) is 23.0. The predicted octanol–water partition coefficient (Wildman–Crippen LogP) is 1.35. The second-order valence-corrected chi connectivity index (χ2v) is 11.8. The number of aliphatic hydroxyl groups is 4. The number of hydrazine groups is 1. The van der Waals surface area contributed by atoms with E-state index < -0.39 is 54.0 Å². The van der Waals surface area contributed by atoms with Crippen LogP contribution < -0.4 is 5.43 Å². The molecule has 17 heteroatoms. The topological polar surface area (TPSA) is 260 Å². The molecule has 0 saturated carbocycles. The zero-order chi connectivity index (χ0) is 33.8. The summed E-state index contributed by atoms with van der Waals surface area (Å²) >= 11 is 0. The highest BCUT2D eigenvalue weighted by molar-refractivity contribution is 6.39. The van der Waals surface area contributed by atoms with E-state index in [4.69, 9.17) is 4.74 Å². The molecule has 0 spiro atoms. The van der Waals surface area contributed by atoms with Gasteiger partial charge in [-0.1, -0.05) is 0 Å². The standard InChI is InChI=1S/C31H26N6O11/c38-10-19-26(41)27(42)28(43)31(48-19)35-18-7-14(40)2-4-16(18)21-23-22(20-15-3-1-13(39)6-17(15)34-24(20)25(21)35)29(44)36(30(23)45)33-8-11-5-12(9-32-11)37(46)47/h1-7,9,19,26-28,31-34,38-43H,8,10H2/t19-,26-,27+,28-,31-/m1/s1. The van der Waals surface area contributed by atoms with Crippen LogP contribution in [0.4, 0.5) is 5.69 Å². The van der Waals surface area contributed by atoms with E-state index >= 15 is 0 Å². The number of nitro groups is 1. The molecule has 0 unspecified atom stereocenters. The first-order valence-corrected chi connectivity index (χ1v) is 14.7. The van der Waals surface area contributed by atoms with E-state index in [0.29, 0.717) is 22.0 Å². The molecule has 48 heavy (non-hydrogen) atoms. The number of benzene rings is 3. The molecule has 0 bridgehead atoms. The van der Waals surface area contributed by atoms with E-state index in [-0.39, 0.29) is 62.2 Å². The molecule has 5 atom stereocenters. The summed E-state index contributed by atoms with van der Waals surface area (Å²) in [5, 5.41) is 76.6. The van der Waals surface area contributed by atoms with Crippen LogP contribution in [0.5, 0.6) is 11.5 Å². The minimum Gasteiger partial charge on any atom is -0.508 e. The average molecular weight is 659 g/mol. The number of aromatic amines is 2. The highest BCUT2D eigenvalue weighted by Gasteiger charge is 2.47. The Morgan fingerprint density at radius 1 is 0.917 bits per heavy atom. The van der Waals surface area contributed by atoms with Crippen LogP contribution in [0.1, 0.15) is 32.6 Å². The Bertz CT molecular complexity index is 2360. The van der Waals surface area contributed by atoms with Gasteiger partial charge in [-0.15, -0.1) is 0 Å². The fraction of sp³-hybridized carbons (Fsp3) is 0.226. The molecule has 2 aliphatic rings. The molecular weight excluding hydrogens is 632 g/mol. The normalized spacial score (nSPS) is 22.9. The molecule has 5 heterocycles. The molecule has 1 saturated heterocycles. The van der Waals surface area contributed by atoms with Crippen molar-refractivity contribution < 1.29 is 49.9 Å². The van der Waals surface area contributed by atoms with Gasteiger partial charge in [0, 0.05) is 45.4 Å². The number of phenols is 2. The van der Waals surface area contributed by atoms with Crippen LogP contribution in [0.3, 0.4) is 0 Å². The Morgan fingerprint density at radius 2 is 1.60 bits per heavy atom. The number of H-pyrrole nitrogens is 2. The van der Waals surface area contributed by atoms with Crippen LogP contribution >= 0.6 is 0 Å². The van der Waals surface area contributed by atoms with E-state index in [1.54, 1.807) is 6.07 Å².